The van der Waals surface area contributed by atoms with E-state index in [0.717, 1.165) is 25.2 Å². The van der Waals surface area contributed by atoms with Crippen molar-refractivity contribution >= 4 is 0 Å². The van der Waals surface area contributed by atoms with Crippen LogP contribution in [0.25, 0.3) is 0 Å². The minimum atomic E-state index is -0.440. The van der Waals surface area contributed by atoms with Gasteiger partial charge in [0.15, 0.2) is 0 Å². The first-order valence-electron chi connectivity index (χ1n) is 4.65. The highest BCUT2D eigenvalue weighted by atomic mass is 16.3. The zero-order chi connectivity index (χ0) is 7.84. The molecule has 2 N–H and O–H groups in total. The molecule has 0 heterocycles. The molecule has 0 radical (unpaired) electrons. The maximum absolute atomic E-state index is 9.54. The van der Waals surface area contributed by atoms with Crippen molar-refractivity contribution < 1.29 is 10.2 Å². The quantitative estimate of drug-likeness (QED) is 0.547. The predicted octanol–water partition coefficient (Wildman–Crippen LogP) is 0.918. The molecule has 2 nitrogen and oxygen atoms in total. The fourth-order valence-corrected chi connectivity index (χ4v) is 2.24. The summed E-state index contributed by atoms with van der Waals surface area (Å²) >= 11 is 0. The van der Waals surface area contributed by atoms with E-state index in [1.807, 2.05) is 0 Å². The van der Waals surface area contributed by atoms with E-state index in [4.69, 9.17) is 0 Å². The Bertz CT molecular complexity index is 144. The second-order valence-corrected chi connectivity index (χ2v) is 4.00. The third-order valence-corrected chi connectivity index (χ3v) is 3.13. The molecule has 2 aliphatic rings. The Labute approximate surface area is 67.2 Å². The first-order chi connectivity index (χ1) is 5.29. The molecule has 2 aliphatic carbocycles. The highest BCUT2D eigenvalue weighted by Crippen LogP contribution is 2.47. The van der Waals surface area contributed by atoms with E-state index in [-0.39, 0.29) is 0 Å². The average Bonchev–Trinajstić information content (AvgIpc) is 2.73. The van der Waals surface area contributed by atoms with Gasteiger partial charge >= 0.3 is 0 Å². The van der Waals surface area contributed by atoms with Crippen molar-refractivity contribution in [2.75, 3.05) is 0 Å². The van der Waals surface area contributed by atoms with Crippen LogP contribution in [0, 0.1) is 11.8 Å². The lowest BCUT2D eigenvalue weighted by molar-refractivity contribution is -0.00661. The van der Waals surface area contributed by atoms with Crippen LogP contribution in [0.2, 0.25) is 0 Å². The second kappa shape index (κ2) is 2.76. The van der Waals surface area contributed by atoms with Gasteiger partial charge < -0.3 is 10.2 Å². The van der Waals surface area contributed by atoms with Crippen molar-refractivity contribution in [2.24, 2.45) is 11.8 Å². The molecule has 0 aromatic heterocycles. The van der Waals surface area contributed by atoms with E-state index in [9.17, 15) is 10.2 Å². The first kappa shape index (κ1) is 7.56. The van der Waals surface area contributed by atoms with E-state index in [1.165, 1.54) is 12.8 Å². The molecule has 0 aliphatic heterocycles. The molecule has 0 aromatic carbocycles. The van der Waals surface area contributed by atoms with Crippen LogP contribution in [-0.2, 0) is 0 Å². The molecule has 4 atom stereocenters. The summed E-state index contributed by atoms with van der Waals surface area (Å²) in [6.07, 6.45) is 4.69. The van der Waals surface area contributed by atoms with E-state index >= 15 is 0 Å². The lowest BCUT2D eigenvalue weighted by atomic mass is 9.96. The van der Waals surface area contributed by atoms with Gasteiger partial charge in [0.05, 0.1) is 12.2 Å². The molecule has 0 saturated heterocycles. The van der Waals surface area contributed by atoms with Gasteiger partial charge in [0.1, 0.15) is 0 Å². The number of hydrogen-bond acceptors (Lipinski definition) is 2. The number of aliphatic hydroxyl groups excluding tert-OH is 2. The third kappa shape index (κ3) is 1.42. The normalized spacial score (nSPS) is 50.7. The summed E-state index contributed by atoms with van der Waals surface area (Å²) in [6, 6.07) is 0. The van der Waals surface area contributed by atoms with Gasteiger partial charge in [0, 0.05) is 0 Å². The standard InChI is InChI=1S/C9H16O2/c10-8-4-2-1-3-6-5-7(6)9(8)11/h6-11H,1-5H2/t6-,7+,8+,9+/m0/s1. The fourth-order valence-electron chi connectivity index (χ4n) is 2.24. The molecule has 2 fully saturated rings. The summed E-state index contributed by atoms with van der Waals surface area (Å²) in [4.78, 5) is 0. The van der Waals surface area contributed by atoms with E-state index in [1.54, 1.807) is 0 Å². The Morgan fingerprint density at radius 2 is 1.73 bits per heavy atom. The molecule has 0 aromatic rings. The smallest absolute Gasteiger partial charge is 0.0829 e. The molecule has 0 unspecified atom stereocenters. The van der Waals surface area contributed by atoms with E-state index < -0.39 is 12.2 Å². The minimum absolute atomic E-state index is 0.416. The molecule has 11 heavy (non-hydrogen) atoms. The second-order valence-electron chi connectivity index (χ2n) is 4.00. The zero-order valence-corrected chi connectivity index (χ0v) is 6.74. The van der Waals surface area contributed by atoms with E-state index in [0.29, 0.717) is 5.92 Å². The van der Waals surface area contributed by atoms with Gasteiger partial charge in [-0.2, -0.15) is 0 Å². The van der Waals surface area contributed by atoms with Gasteiger partial charge in [0.2, 0.25) is 0 Å². The monoisotopic (exact) mass is 156 g/mol. The first-order valence-corrected chi connectivity index (χ1v) is 4.65. The highest BCUT2D eigenvalue weighted by Gasteiger charge is 2.44. The molecule has 0 spiro atoms. The number of hydrogen-bond donors (Lipinski definition) is 2. The van der Waals surface area contributed by atoms with Crippen LogP contribution in [0.5, 0.6) is 0 Å². The number of aliphatic hydroxyl groups is 2. The summed E-state index contributed by atoms with van der Waals surface area (Å²) in [5, 5.41) is 19.0. The van der Waals surface area contributed by atoms with Crippen LogP contribution >= 0.6 is 0 Å². The Balaban J connectivity index is 1.95. The summed E-state index contributed by atoms with van der Waals surface area (Å²) in [5.74, 6) is 1.17. The van der Waals surface area contributed by atoms with Crippen molar-refractivity contribution in [3.63, 3.8) is 0 Å². The van der Waals surface area contributed by atoms with Crippen molar-refractivity contribution in [2.45, 2.75) is 44.3 Å². The van der Waals surface area contributed by atoms with Gasteiger partial charge in [-0.15, -0.1) is 0 Å². The van der Waals surface area contributed by atoms with Crippen LogP contribution in [0.4, 0.5) is 0 Å². The van der Waals surface area contributed by atoms with Crippen LogP contribution in [0.1, 0.15) is 32.1 Å². The topological polar surface area (TPSA) is 40.5 Å². The minimum Gasteiger partial charge on any atom is -0.390 e. The molecule has 64 valence electrons. The maximum Gasteiger partial charge on any atom is 0.0829 e. The Kier molecular flexibility index (Phi) is 1.90. The number of rotatable bonds is 0. The van der Waals surface area contributed by atoms with Gasteiger partial charge in [-0.25, -0.2) is 0 Å². The van der Waals surface area contributed by atoms with Crippen LogP contribution < -0.4 is 0 Å². The zero-order valence-electron chi connectivity index (χ0n) is 6.74. The molecular formula is C9H16O2. The fraction of sp³-hybridized carbons (Fsp3) is 1.00. The number of fused-ring (bicyclic) bond motifs is 1. The van der Waals surface area contributed by atoms with Gasteiger partial charge in [-0.1, -0.05) is 19.3 Å². The summed E-state index contributed by atoms with van der Waals surface area (Å²) in [7, 11) is 0. The van der Waals surface area contributed by atoms with Crippen LogP contribution in [0.15, 0.2) is 0 Å². The van der Waals surface area contributed by atoms with E-state index in [2.05, 4.69) is 0 Å². The van der Waals surface area contributed by atoms with Gasteiger partial charge in [-0.05, 0) is 24.7 Å². The van der Waals surface area contributed by atoms with Crippen molar-refractivity contribution in [3.8, 4) is 0 Å². The predicted molar refractivity (Wildman–Crippen MR) is 42.1 cm³/mol. The molecule has 2 heteroatoms. The van der Waals surface area contributed by atoms with Crippen LogP contribution in [0.3, 0.4) is 0 Å². The van der Waals surface area contributed by atoms with Crippen LogP contribution in [-0.4, -0.2) is 22.4 Å². The average molecular weight is 156 g/mol. The summed E-state index contributed by atoms with van der Waals surface area (Å²) in [5.41, 5.74) is 0. The molecule has 0 amide bonds. The summed E-state index contributed by atoms with van der Waals surface area (Å²) < 4.78 is 0. The molecule has 0 bridgehead atoms. The van der Waals surface area contributed by atoms with Crippen molar-refractivity contribution in [1.82, 2.24) is 0 Å². The Morgan fingerprint density at radius 3 is 2.55 bits per heavy atom. The van der Waals surface area contributed by atoms with Crippen molar-refractivity contribution in [1.29, 1.82) is 0 Å². The maximum atomic E-state index is 9.54. The lowest BCUT2D eigenvalue weighted by Gasteiger charge is -2.20. The Hall–Kier alpha value is -0.0800. The molecule has 2 saturated carbocycles. The largest absolute Gasteiger partial charge is 0.390 e. The highest BCUT2D eigenvalue weighted by molar-refractivity contribution is 4.95. The Morgan fingerprint density at radius 1 is 1.00 bits per heavy atom. The van der Waals surface area contributed by atoms with Crippen molar-refractivity contribution in [3.05, 3.63) is 0 Å². The van der Waals surface area contributed by atoms with Gasteiger partial charge in [-0.3, -0.25) is 0 Å². The molecule has 2 rings (SSSR count). The SMILES string of the molecule is O[C@@H]1[C@@H]2C[C@@H]2CCCC[C@H]1O. The third-order valence-electron chi connectivity index (χ3n) is 3.13. The molecular weight excluding hydrogens is 140 g/mol. The van der Waals surface area contributed by atoms with Gasteiger partial charge in [0.25, 0.3) is 0 Å². The lowest BCUT2D eigenvalue weighted by Crippen LogP contribution is -2.29. The summed E-state index contributed by atoms with van der Waals surface area (Å²) in [6.45, 7) is 0.